The summed E-state index contributed by atoms with van der Waals surface area (Å²) in [6, 6.07) is 17.2. The Kier molecular flexibility index (Phi) is 5.24. The lowest BCUT2D eigenvalue weighted by Gasteiger charge is -2.23. The van der Waals surface area contributed by atoms with Crippen LogP contribution in [0.25, 0.3) is 0 Å². The number of nitrogens with one attached hydrogen (secondary N) is 3. The second kappa shape index (κ2) is 7.76. The van der Waals surface area contributed by atoms with Gasteiger partial charge in [0, 0.05) is 16.9 Å². The molecule has 0 spiro atoms. The Morgan fingerprint density at radius 3 is 2.17 bits per heavy atom. The van der Waals surface area contributed by atoms with E-state index in [4.69, 9.17) is 4.74 Å². The number of amides is 2. The van der Waals surface area contributed by atoms with Crippen LogP contribution in [0.5, 0.6) is 0 Å². The van der Waals surface area contributed by atoms with E-state index < -0.39 is 0 Å². The molecule has 0 bridgehead atoms. The van der Waals surface area contributed by atoms with E-state index in [1.165, 1.54) is 5.56 Å². The molecule has 1 fully saturated rings. The van der Waals surface area contributed by atoms with E-state index in [0.717, 1.165) is 44.2 Å². The molecule has 5 heteroatoms. The zero-order valence-electron chi connectivity index (χ0n) is 13.0. The summed E-state index contributed by atoms with van der Waals surface area (Å²) in [5.74, 6) is 0. The van der Waals surface area contributed by atoms with E-state index in [0.29, 0.717) is 0 Å². The first-order valence-electron chi connectivity index (χ1n) is 7.93. The summed E-state index contributed by atoms with van der Waals surface area (Å²) in [7, 11) is 0. The third kappa shape index (κ3) is 4.81. The molecule has 120 valence electrons. The lowest BCUT2D eigenvalue weighted by molar-refractivity contribution is -0.921. The van der Waals surface area contributed by atoms with E-state index >= 15 is 0 Å². The third-order valence-corrected chi connectivity index (χ3v) is 3.90. The normalized spacial score (nSPS) is 15.1. The summed E-state index contributed by atoms with van der Waals surface area (Å²) in [5.41, 5.74) is 2.84. The molecule has 1 saturated heterocycles. The molecule has 2 amide bonds. The van der Waals surface area contributed by atoms with Crippen molar-refractivity contribution in [1.82, 2.24) is 0 Å². The van der Waals surface area contributed by atoms with Crippen LogP contribution in [-0.4, -0.2) is 32.3 Å². The van der Waals surface area contributed by atoms with Gasteiger partial charge in [0.2, 0.25) is 0 Å². The highest BCUT2D eigenvalue weighted by Gasteiger charge is 2.14. The van der Waals surface area contributed by atoms with Gasteiger partial charge in [0.05, 0.1) is 13.2 Å². The summed E-state index contributed by atoms with van der Waals surface area (Å²) >= 11 is 0. The van der Waals surface area contributed by atoms with Crippen LogP contribution in [0.15, 0.2) is 54.6 Å². The number of benzene rings is 2. The number of carbonyl (C=O) groups is 1. The average Bonchev–Trinajstić information content (AvgIpc) is 2.58. The number of urea groups is 1. The van der Waals surface area contributed by atoms with Crippen molar-refractivity contribution in [2.24, 2.45) is 0 Å². The van der Waals surface area contributed by atoms with Crippen LogP contribution in [0, 0.1) is 0 Å². The van der Waals surface area contributed by atoms with Crippen molar-refractivity contribution >= 4 is 17.4 Å². The molecule has 0 atom stereocenters. The molecule has 3 rings (SSSR count). The van der Waals surface area contributed by atoms with Crippen molar-refractivity contribution in [3.8, 4) is 0 Å². The van der Waals surface area contributed by atoms with Crippen LogP contribution in [0.1, 0.15) is 5.56 Å². The summed E-state index contributed by atoms with van der Waals surface area (Å²) < 4.78 is 5.37. The van der Waals surface area contributed by atoms with Gasteiger partial charge in [-0.1, -0.05) is 30.3 Å². The Labute approximate surface area is 136 Å². The van der Waals surface area contributed by atoms with Gasteiger partial charge in [0.1, 0.15) is 19.6 Å². The third-order valence-electron chi connectivity index (χ3n) is 3.90. The summed E-state index contributed by atoms with van der Waals surface area (Å²) in [6.45, 7) is 4.79. The van der Waals surface area contributed by atoms with E-state index in [9.17, 15) is 4.79 Å². The Balaban J connectivity index is 1.51. The Hall–Kier alpha value is -2.37. The molecule has 2 aromatic rings. The van der Waals surface area contributed by atoms with Gasteiger partial charge in [-0.05, 0) is 24.3 Å². The number of hydrogen-bond acceptors (Lipinski definition) is 2. The van der Waals surface area contributed by atoms with Crippen molar-refractivity contribution in [3.05, 3.63) is 60.2 Å². The standard InChI is InChI=1S/C18H21N3O2/c22-18(19-16-4-2-1-3-5-16)20-17-8-6-15(7-9-17)14-21-10-12-23-13-11-21/h1-9H,10-14H2,(H2,19,20,22)/p+1. The van der Waals surface area contributed by atoms with E-state index in [1.54, 1.807) is 4.90 Å². The maximum Gasteiger partial charge on any atom is 0.323 e. The van der Waals surface area contributed by atoms with E-state index in [2.05, 4.69) is 22.8 Å². The zero-order valence-corrected chi connectivity index (χ0v) is 13.0. The molecule has 0 aliphatic carbocycles. The van der Waals surface area contributed by atoms with Crippen LogP contribution < -0.4 is 15.5 Å². The van der Waals surface area contributed by atoms with Gasteiger partial charge >= 0.3 is 6.03 Å². The number of anilines is 2. The average molecular weight is 312 g/mol. The highest BCUT2D eigenvalue weighted by Crippen LogP contribution is 2.11. The molecule has 1 aliphatic heterocycles. The SMILES string of the molecule is O=C(Nc1ccccc1)Nc1ccc(C[NH+]2CCOCC2)cc1. The largest absolute Gasteiger partial charge is 0.370 e. The molecule has 0 saturated carbocycles. The van der Waals surface area contributed by atoms with Crippen LogP contribution in [0.2, 0.25) is 0 Å². The van der Waals surface area contributed by atoms with Gasteiger partial charge in [-0.25, -0.2) is 4.79 Å². The first-order chi connectivity index (χ1) is 11.3. The predicted molar refractivity (Wildman–Crippen MR) is 90.7 cm³/mol. The quantitative estimate of drug-likeness (QED) is 0.805. The van der Waals surface area contributed by atoms with Crippen molar-refractivity contribution in [1.29, 1.82) is 0 Å². The van der Waals surface area contributed by atoms with Crippen LogP contribution in [0.3, 0.4) is 0 Å². The topological polar surface area (TPSA) is 54.8 Å². The van der Waals surface area contributed by atoms with Gasteiger partial charge < -0.3 is 20.3 Å². The maximum absolute atomic E-state index is 11.9. The first-order valence-corrected chi connectivity index (χ1v) is 7.93. The predicted octanol–water partition coefficient (Wildman–Crippen LogP) is 1.75. The second-order valence-corrected chi connectivity index (χ2v) is 5.68. The molecule has 1 aliphatic rings. The number of carbonyl (C=O) groups excluding carboxylic acids is 1. The molecule has 0 aromatic heterocycles. The molecule has 23 heavy (non-hydrogen) atoms. The minimum Gasteiger partial charge on any atom is -0.370 e. The van der Waals surface area contributed by atoms with Gasteiger partial charge in [-0.3, -0.25) is 0 Å². The number of hydrogen-bond donors (Lipinski definition) is 3. The van der Waals surface area contributed by atoms with Gasteiger partial charge in [0.15, 0.2) is 0 Å². The summed E-state index contributed by atoms with van der Waals surface area (Å²) in [6.07, 6.45) is 0. The minimum atomic E-state index is -0.234. The van der Waals surface area contributed by atoms with Gasteiger partial charge in [-0.2, -0.15) is 0 Å². The summed E-state index contributed by atoms with van der Waals surface area (Å²) in [5, 5.41) is 5.65. The monoisotopic (exact) mass is 312 g/mol. The zero-order chi connectivity index (χ0) is 15.9. The second-order valence-electron chi connectivity index (χ2n) is 5.68. The lowest BCUT2D eigenvalue weighted by atomic mass is 10.2. The number of rotatable bonds is 4. The Morgan fingerprint density at radius 2 is 1.52 bits per heavy atom. The fourth-order valence-electron chi connectivity index (χ4n) is 2.65. The highest BCUT2D eigenvalue weighted by molar-refractivity contribution is 5.99. The van der Waals surface area contributed by atoms with Crippen molar-refractivity contribution in [2.75, 3.05) is 36.9 Å². The lowest BCUT2D eigenvalue weighted by Crippen LogP contribution is -3.12. The highest BCUT2D eigenvalue weighted by atomic mass is 16.5. The van der Waals surface area contributed by atoms with Gasteiger partial charge in [-0.15, -0.1) is 0 Å². The van der Waals surface area contributed by atoms with Crippen LogP contribution >= 0.6 is 0 Å². The van der Waals surface area contributed by atoms with Crippen molar-refractivity contribution in [2.45, 2.75) is 6.54 Å². The molecule has 0 radical (unpaired) electrons. The minimum absolute atomic E-state index is 0.234. The van der Waals surface area contributed by atoms with Crippen molar-refractivity contribution < 1.29 is 14.4 Å². The first kappa shape index (κ1) is 15.5. The molecule has 0 unspecified atom stereocenters. The van der Waals surface area contributed by atoms with Crippen LogP contribution in [0.4, 0.5) is 16.2 Å². The molecular formula is C18H22N3O2+. The Bertz CT molecular complexity index is 622. The molecule has 5 nitrogen and oxygen atoms in total. The number of quaternary nitrogens is 1. The molecule has 3 N–H and O–H groups in total. The number of para-hydroxylation sites is 1. The molecule has 1 heterocycles. The molecule has 2 aromatic carbocycles. The smallest absolute Gasteiger partial charge is 0.323 e. The molecular weight excluding hydrogens is 290 g/mol. The van der Waals surface area contributed by atoms with Crippen LogP contribution in [-0.2, 0) is 11.3 Å². The summed E-state index contributed by atoms with van der Waals surface area (Å²) in [4.78, 5) is 13.5. The fourth-order valence-corrected chi connectivity index (χ4v) is 2.65. The van der Waals surface area contributed by atoms with E-state index in [-0.39, 0.29) is 6.03 Å². The van der Waals surface area contributed by atoms with Crippen molar-refractivity contribution in [3.63, 3.8) is 0 Å². The van der Waals surface area contributed by atoms with E-state index in [1.807, 2.05) is 42.5 Å². The number of ether oxygens (including phenoxy) is 1. The Morgan fingerprint density at radius 1 is 0.913 bits per heavy atom. The fraction of sp³-hybridized carbons (Fsp3) is 0.278. The number of morpholine rings is 1. The maximum atomic E-state index is 11.9. The van der Waals surface area contributed by atoms with Gasteiger partial charge in [0.25, 0.3) is 0 Å².